The van der Waals surface area contributed by atoms with E-state index in [-0.39, 0.29) is 10.9 Å². The zero-order valence-corrected chi connectivity index (χ0v) is 18.0. The van der Waals surface area contributed by atoms with E-state index < -0.39 is 5.82 Å². The molecule has 1 heterocycles. The first-order valence-corrected chi connectivity index (χ1v) is 11.0. The van der Waals surface area contributed by atoms with Gasteiger partial charge in [0.25, 0.3) is 5.91 Å². The molecule has 0 aliphatic carbocycles. The highest BCUT2D eigenvalue weighted by molar-refractivity contribution is 7.99. The van der Waals surface area contributed by atoms with Crippen molar-refractivity contribution >= 4 is 40.7 Å². The summed E-state index contributed by atoms with van der Waals surface area (Å²) in [6, 6.07) is 18.1. The van der Waals surface area contributed by atoms with E-state index >= 15 is 0 Å². The SMILES string of the molecule is CCCCNC(=O)c1ccc2c(c1)N=C(c1ccc(F)c(Cl)c1)c1ccccc1S2. The molecule has 1 aliphatic rings. The zero-order chi connectivity index (χ0) is 21.1. The van der Waals surface area contributed by atoms with Gasteiger partial charge in [0.15, 0.2) is 0 Å². The molecule has 0 unspecified atom stereocenters. The second-order valence-electron chi connectivity index (χ2n) is 6.98. The monoisotopic (exact) mass is 438 g/mol. The van der Waals surface area contributed by atoms with Crippen molar-refractivity contribution < 1.29 is 9.18 Å². The van der Waals surface area contributed by atoms with Crippen molar-refractivity contribution in [2.75, 3.05) is 6.54 Å². The van der Waals surface area contributed by atoms with Gasteiger partial charge in [0.2, 0.25) is 0 Å². The minimum Gasteiger partial charge on any atom is -0.352 e. The second-order valence-corrected chi connectivity index (χ2v) is 8.47. The number of carbonyl (C=O) groups is 1. The lowest BCUT2D eigenvalue weighted by Gasteiger charge is -2.09. The van der Waals surface area contributed by atoms with Crippen LogP contribution in [-0.4, -0.2) is 18.2 Å². The lowest BCUT2D eigenvalue weighted by Crippen LogP contribution is -2.24. The first kappa shape index (κ1) is 20.6. The van der Waals surface area contributed by atoms with Gasteiger partial charge in [-0.15, -0.1) is 0 Å². The van der Waals surface area contributed by atoms with Crippen molar-refractivity contribution in [2.24, 2.45) is 4.99 Å². The summed E-state index contributed by atoms with van der Waals surface area (Å²) < 4.78 is 13.7. The summed E-state index contributed by atoms with van der Waals surface area (Å²) in [7, 11) is 0. The van der Waals surface area contributed by atoms with Crippen molar-refractivity contribution in [3.8, 4) is 0 Å². The maximum absolute atomic E-state index is 13.7. The van der Waals surface area contributed by atoms with Crippen LogP contribution in [0, 0.1) is 5.82 Å². The first-order chi connectivity index (χ1) is 14.6. The van der Waals surface area contributed by atoms with Crippen molar-refractivity contribution in [1.82, 2.24) is 5.32 Å². The quantitative estimate of drug-likeness (QED) is 0.355. The van der Waals surface area contributed by atoms with Gasteiger partial charge in [-0.1, -0.05) is 54.9 Å². The smallest absolute Gasteiger partial charge is 0.251 e. The number of amides is 1. The van der Waals surface area contributed by atoms with Crippen LogP contribution >= 0.6 is 23.4 Å². The summed E-state index contributed by atoms with van der Waals surface area (Å²) in [4.78, 5) is 19.4. The van der Waals surface area contributed by atoms with Crippen molar-refractivity contribution in [2.45, 2.75) is 29.6 Å². The number of aliphatic imine (C=N–C) groups is 1. The van der Waals surface area contributed by atoms with Crippen LogP contribution in [0.4, 0.5) is 10.1 Å². The normalized spacial score (nSPS) is 12.4. The van der Waals surface area contributed by atoms with Crippen LogP contribution in [0.2, 0.25) is 5.02 Å². The molecule has 0 spiro atoms. The molecule has 3 aromatic carbocycles. The molecule has 30 heavy (non-hydrogen) atoms. The van der Waals surface area contributed by atoms with Gasteiger partial charge in [0, 0.05) is 33.0 Å². The number of nitrogens with zero attached hydrogens (tertiary/aromatic N) is 1. The molecule has 3 nitrogen and oxygen atoms in total. The molecule has 0 radical (unpaired) electrons. The second kappa shape index (κ2) is 9.02. The third kappa shape index (κ3) is 4.27. The number of carbonyl (C=O) groups excluding carboxylic acids is 1. The molecule has 0 bridgehead atoms. The van der Waals surface area contributed by atoms with Crippen LogP contribution in [0.1, 0.15) is 41.3 Å². The molecule has 1 amide bonds. The molecular formula is C24H20ClFN2OS. The molecular weight excluding hydrogens is 419 g/mol. The average Bonchev–Trinajstić information content (AvgIpc) is 2.92. The Balaban J connectivity index is 1.80. The van der Waals surface area contributed by atoms with E-state index in [4.69, 9.17) is 16.6 Å². The van der Waals surface area contributed by atoms with Gasteiger partial charge in [-0.25, -0.2) is 9.38 Å². The highest BCUT2D eigenvalue weighted by atomic mass is 35.5. The summed E-state index contributed by atoms with van der Waals surface area (Å²) >= 11 is 7.64. The third-order valence-corrected chi connectivity index (χ3v) is 6.26. The van der Waals surface area contributed by atoms with Crippen molar-refractivity contribution in [3.63, 3.8) is 0 Å². The number of nitrogens with one attached hydrogen (secondary N) is 1. The number of hydrogen-bond acceptors (Lipinski definition) is 3. The Kier molecular flexibility index (Phi) is 6.21. The lowest BCUT2D eigenvalue weighted by molar-refractivity contribution is 0.0953. The Morgan fingerprint density at radius 2 is 1.93 bits per heavy atom. The van der Waals surface area contributed by atoms with Crippen LogP contribution in [0.5, 0.6) is 0 Å². The van der Waals surface area contributed by atoms with E-state index in [1.54, 1.807) is 30.0 Å². The standard InChI is InChI=1S/C24H20ClFN2OS/c1-2-3-12-27-24(29)16-9-11-22-20(14-16)28-23(15-8-10-19(26)18(25)13-15)17-6-4-5-7-21(17)30-22/h4-11,13-14H,2-3,12H2,1H3,(H,27,29). The highest BCUT2D eigenvalue weighted by Gasteiger charge is 2.20. The molecule has 6 heteroatoms. The maximum Gasteiger partial charge on any atom is 0.251 e. The van der Waals surface area contributed by atoms with E-state index in [1.165, 1.54) is 6.07 Å². The van der Waals surface area contributed by atoms with Crippen LogP contribution in [-0.2, 0) is 0 Å². The van der Waals surface area contributed by atoms with Crippen molar-refractivity contribution in [3.05, 3.63) is 88.2 Å². The Labute approximate surface area is 184 Å². The van der Waals surface area contributed by atoms with Crippen LogP contribution in [0.25, 0.3) is 0 Å². The maximum atomic E-state index is 13.7. The Hall–Kier alpha value is -2.63. The summed E-state index contributed by atoms with van der Waals surface area (Å²) in [5.74, 6) is -0.580. The van der Waals surface area contributed by atoms with E-state index in [0.717, 1.165) is 33.8 Å². The van der Waals surface area contributed by atoms with Gasteiger partial charge in [-0.2, -0.15) is 0 Å². The number of hydrogen-bond donors (Lipinski definition) is 1. The number of unbranched alkanes of at least 4 members (excludes halogenated alkanes) is 1. The third-order valence-electron chi connectivity index (χ3n) is 4.82. The predicted molar refractivity (Wildman–Crippen MR) is 121 cm³/mol. The summed E-state index contributed by atoms with van der Waals surface area (Å²) in [5, 5.41) is 2.99. The Morgan fingerprint density at radius 1 is 1.10 bits per heavy atom. The van der Waals surface area contributed by atoms with Gasteiger partial charge >= 0.3 is 0 Å². The largest absolute Gasteiger partial charge is 0.352 e. The minimum absolute atomic E-state index is 0.0499. The lowest BCUT2D eigenvalue weighted by atomic mass is 10.0. The van der Waals surface area contributed by atoms with E-state index in [9.17, 15) is 9.18 Å². The fraction of sp³-hybridized carbons (Fsp3) is 0.167. The molecule has 1 N–H and O–H groups in total. The Morgan fingerprint density at radius 3 is 2.73 bits per heavy atom. The number of benzene rings is 3. The molecule has 4 rings (SSSR count). The van der Waals surface area contributed by atoms with Crippen LogP contribution < -0.4 is 5.32 Å². The molecule has 0 saturated carbocycles. The van der Waals surface area contributed by atoms with E-state index in [2.05, 4.69) is 12.2 Å². The van der Waals surface area contributed by atoms with Gasteiger partial charge < -0.3 is 5.32 Å². The molecule has 0 atom stereocenters. The summed E-state index contributed by atoms with van der Waals surface area (Å²) in [6.07, 6.45) is 1.96. The average molecular weight is 439 g/mol. The van der Waals surface area contributed by atoms with Gasteiger partial charge in [0.05, 0.1) is 16.4 Å². The van der Waals surface area contributed by atoms with E-state index in [1.807, 2.05) is 36.4 Å². The van der Waals surface area contributed by atoms with E-state index in [0.29, 0.717) is 23.5 Å². The van der Waals surface area contributed by atoms with Gasteiger partial charge in [-0.05, 0) is 48.9 Å². The molecule has 0 saturated heterocycles. The van der Waals surface area contributed by atoms with Crippen LogP contribution in [0.15, 0.2) is 75.4 Å². The van der Waals surface area contributed by atoms with Crippen LogP contribution in [0.3, 0.4) is 0 Å². The van der Waals surface area contributed by atoms with Gasteiger partial charge in [0.1, 0.15) is 5.82 Å². The zero-order valence-electron chi connectivity index (χ0n) is 16.4. The fourth-order valence-corrected chi connectivity index (χ4v) is 4.41. The molecule has 1 aliphatic heterocycles. The predicted octanol–water partition coefficient (Wildman–Crippen LogP) is 6.64. The first-order valence-electron chi connectivity index (χ1n) is 9.80. The number of rotatable bonds is 5. The summed E-state index contributed by atoms with van der Waals surface area (Å²) in [5.41, 5.74) is 3.63. The minimum atomic E-state index is -0.469. The summed E-state index contributed by atoms with van der Waals surface area (Å²) in [6.45, 7) is 2.73. The Bertz CT molecular complexity index is 1150. The molecule has 0 aromatic heterocycles. The number of fused-ring (bicyclic) bond motifs is 2. The fourth-order valence-electron chi connectivity index (χ4n) is 3.23. The molecule has 0 fully saturated rings. The topological polar surface area (TPSA) is 41.5 Å². The van der Waals surface area contributed by atoms with Gasteiger partial charge in [-0.3, -0.25) is 4.79 Å². The van der Waals surface area contributed by atoms with Crippen molar-refractivity contribution in [1.29, 1.82) is 0 Å². The highest BCUT2D eigenvalue weighted by Crippen LogP contribution is 2.41. The molecule has 3 aromatic rings. The molecule has 152 valence electrons. The number of halogens is 2.